The van der Waals surface area contributed by atoms with Crippen molar-refractivity contribution in [2.24, 2.45) is 0 Å². The van der Waals surface area contributed by atoms with E-state index >= 15 is 0 Å². The normalized spacial score (nSPS) is 11.5. The van der Waals surface area contributed by atoms with Gasteiger partial charge in [-0.15, -0.1) is 0 Å². The van der Waals surface area contributed by atoms with E-state index in [1.165, 1.54) is 18.1 Å². The number of carbonyl (C=O) groups excluding carboxylic acids is 1. The van der Waals surface area contributed by atoms with Crippen LogP contribution in [0.15, 0.2) is 48.5 Å². The molecule has 1 amide bonds. The molecule has 0 aliphatic heterocycles. The van der Waals surface area contributed by atoms with Gasteiger partial charge in [0.25, 0.3) is 0 Å². The minimum Gasteiger partial charge on any atom is -0.453 e. The van der Waals surface area contributed by atoms with Crippen molar-refractivity contribution in [1.29, 1.82) is 0 Å². The number of hydrogen-bond acceptors (Lipinski definition) is 4. The van der Waals surface area contributed by atoms with Crippen LogP contribution >= 0.6 is 0 Å². The highest BCUT2D eigenvalue weighted by molar-refractivity contribution is 5.82. The number of alkyl halides is 4. The average Bonchev–Trinajstić information content (AvgIpc) is 2.83. The summed E-state index contributed by atoms with van der Waals surface area (Å²) in [6.45, 7) is 4.16. The molecule has 182 valence electrons. The van der Waals surface area contributed by atoms with Crippen LogP contribution in [0.1, 0.15) is 36.1 Å². The molecule has 1 aromatic heterocycles. The molecule has 9 heteroatoms. The zero-order valence-corrected chi connectivity index (χ0v) is 19.3. The Bertz CT molecular complexity index is 1150. The highest BCUT2D eigenvalue weighted by atomic mass is 19.4. The van der Waals surface area contributed by atoms with Crippen molar-refractivity contribution in [3.05, 3.63) is 70.8 Å². The summed E-state index contributed by atoms with van der Waals surface area (Å²) in [6.07, 6.45) is -5.34. The number of nitrogens with zero attached hydrogens (tertiary/aromatic N) is 3. The molecule has 34 heavy (non-hydrogen) atoms. The molecule has 2 aromatic carbocycles. The van der Waals surface area contributed by atoms with Gasteiger partial charge in [-0.2, -0.15) is 13.2 Å². The van der Waals surface area contributed by atoms with E-state index < -0.39 is 24.5 Å². The number of aromatic nitrogens is 1. The van der Waals surface area contributed by atoms with E-state index in [9.17, 15) is 22.4 Å². The van der Waals surface area contributed by atoms with Crippen LogP contribution in [-0.4, -0.2) is 36.2 Å². The van der Waals surface area contributed by atoms with Gasteiger partial charge in [-0.05, 0) is 49.2 Å². The van der Waals surface area contributed by atoms with E-state index in [0.717, 1.165) is 28.6 Å². The molecule has 0 spiro atoms. The summed E-state index contributed by atoms with van der Waals surface area (Å²) < 4.78 is 58.1. The van der Waals surface area contributed by atoms with Crippen molar-refractivity contribution < 1.29 is 27.1 Å². The average molecular weight is 478 g/mol. The minimum atomic E-state index is -4.63. The molecular formula is C25H27F4N3O2. The van der Waals surface area contributed by atoms with Crippen LogP contribution in [0.4, 0.5) is 28.2 Å². The number of rotatable bonds is 8. The lowest BCUT2D eigenvalue weighted by atomic mass is 10.0. The molecule has 0 bridgehead atoms. The van der Waals surface area contributed by atoms with E-state index in [1.807, 2.05) is 49.1 Å². The molecule has 1 heterocycles. The predicted octanol–water partition coefficient (Wildman–Crippen LogP) is 6.34. The number of amides is 1. The molecule has 0 fully saturated rings. The molecule has 0 saturated carbocycles. The molecule has 0 aliphatic rings. The van der Waals surface area contributed by atoms with Crippen LogP contribution in [0, 0.1) is 0 Å². The Balaban J connectivity index is 2.04. The van der Waals surface area contributed by atoms with Gasteiger partial charge in [-0.25, -0.2) is 14.2 Å². The first-order valence-corrected chi connectivity index (χ1v) is 10.9. The number of para-hydroxylation sites is 1. The summed E-state index contributed by atoms with van der Waals surface area (Å²) in [4.78, 5) is 20.7. The number of pyridine rings is 1. The third-order valence-electron chi connectivity index (χ3n) is 5.54. The van der Waals surface area contributed by atoms with Crippen molar-refractivity contribution >= 4 is 22.8 Å². The van der Waals surface area contributed by atoms with Gasteiger partial charge in [0.15, 0.2) is 0 Å². The van der Waals surface area contributed by atoms with E-state index in [0.29, 0.717) is 18.9 Å². The standard InChI is InChI=1S/C25H27F4N3O2/c1-4-31(5-2)23-20(13-19-8-6-7-9-22(19)30-23)16-32(24(33)34-3)15-18-10-17(14-26)11-21(12-18)25(27,28)29/h6-13H,4-5,14-16H2,1-3H3. The molecule has 0 saturated heterocycles. The van der Waals surface area contributed by atoms with Crippen molar-refractivity contribution in [2.45, 2.75) is 39.8 Å². The number of carbonyl (C=O) groups is 1. The number of hydrogen-bond donors (Lipinski definition) is 0. The quantitative estimate of drug-likeness (QED) is 0.355. The van der Waals surface area contributed by atoms with Gasteiger partial charge >= 0.3 is 12.3 Å². The molecule has 5 nitrogen and oxygen atoms in total. The predicted molar refractivity (Wildman–Crippen MR) is 123 cm³/mol. The number of fused-ring (bicyclic) bond motifs is 1. The largest absolute Gasteiger partial charge is 0.453 e. The second kappa shape index (κ2) is 10.7. The Morgan fingerprint density at radius 1 is 1.00 bits per heavy atom. The number of halogens is 4. The number of anilines is 1. The first-order valence-electron chi connectivity index (χ1n) is 10.9. The van der Waals surface area contributed by atoms with Gasteiger partial charge in [0, 0.05) is 30.6 Å². The van der Waals surface area contributed by atoms with Crippen molar-refractivity contribution in [3.63, 3.8) is 0 Å². The van der Waals surface area contributed by atoms with E-state index in [4.69, 9.17) is 9.72 Å². The maximum absolute atomic E-state index is 13.3. The number of benzene rings is 2. The smallest absolute Gasteiger partial charge is 0.416 e. The fourth-order valence-electron chi connectivity index (χ4n) is 3.90. The summed E-state index contributed by atoms with van der Waals surface area (Å²) >= 11 is 0. The third-order valence-corrected chi connectivity index (χ3v) is 5.54. The van der Waals surface area contributed by atoms with Gasteiger partial charge in [-0.3, -0.25) is 4.90 Å². The zero-order chi connectivity index (χ0) is 24.9. The Morgan fingerprint density at radius 3 is 2.29 bits per heavy atom. The second-order valence-electron chi connectivity index (χ2n) is 7.83. The van der Waals surface area contributed by atoms with Crippen LogP contribution in [-0.2, 0) is 30.7 Å². The van der Waals surface area contributed by atoms with Crippen LogP contribution in [0.5, 0.6) is 0 Å². The molecule has 3 rings (SSSR count). The van der Waals surface area contributed by atoms with Gasteiger partial charge in [-0.1, -0.05) is 24.3 Å². The topological polar surface area (TPSA) is 45.7 Å². The first-order chi connectivity index (χ1) is 16.2. The van der Waals surface area contributed by atoms with Gasteiger partial charge in [0.05, 0.1) is 24.7 Å². The summed E-state index contributed by atoms with van der Waals surface area (Å²) in [5, 5.41) is 0.872. The fourth-order valence-corrected chi connectivity index (χ4v) is 3.90. The summed E-state index contributed by atoms with van der Waals surface area (Å²) in [5.74, 6) is 0.686. The Morgan fingerprint density at radius 2 is 1.68 bits per heavy atom. The number of methoxy groups -OCH3 is 1. The lowest BCUT2D eigenvalue weighted by molar-refractivity contribution is -0.137. The minimum absolute atomic E-state index is 0.0531. The maximum Gasteiger partial charge on any atom is 0.416 e. The van der Waals surface area contributed by atoms with Gasteiger partial charge in [0.1, 0.15) is 12.5 Å². The number of ether oxygens (including phenoxy) is 1. The van der Waals surface area contributed by atoms with Crippen LogP contribution in [0.25, 0.3) is 10.9 Å². The SMILES string of the molecule is CCN(CC)c1nc2ccccc2cc1CN(Cc1cc(CF)cc(C(F)(F)F)c1)C(=O)OC. The maximum atomic E-state index is 13.3. The highest BCUT2D eigenvalue weighted by Crippen LogP contribution is 2.32. The Kier molecular flexibility index (Phi) is 7.96. The zero-order valence-electron chi connectivity index (χ0n) is 19.3. The third kappa shape index (κ3) is 5.76. The second-order valence-corrected chi connectivity index (χ2v) is 7.83. The van der Waals surface area contributed by atoms with Crippen molar-refractivity contribution in [1.82, 2.24) is 9.88 Å². The summed E-state index contributed by atoms with van der Waals surface area (Å²) in [5.41, 5.74) is 0.615. The highest BCUT2D eigenvalue weighted by Gasteiger charge is 2.31. The molecule has 0 aliphatic carbocycles. The van der Waals surface area contributed by atoms with E-state index in [1.54, 1.807) is 0 Å². The van der Waals surface area contributed by atoms with Crippen LogP contribution < -0.4 is 4.90 Å². The molecule has 0 atom stereocenters. The summed E-state index contributed by atoms with van der Waals surface area (Å²) in [6, 6.07) is 12.5. The lowest BCUT2D eigenvalue weighted by Gasteiger charge is -2.27. The van der Waals surface area contributed by atoms with Crippen LogP contribution in [0.3, 0.4) is 0 Å². The molecule has 0 radical (unpaired) electrons. The van der Waals surface area contributed by atoms with Gasteiger partial charge in [0.2, 0.25) is 0 Å². The molecule has 3 aromatic rings. The Labute approximate surface area is 195 Å². The lowest BCUT2D eigenvalue weighted by Crippen LogP contribution is -2.32. The van der Waals surface area contributed by atoms with Crippen LogP contribution in [0.2, 0.25) is 0 Å². The Hall–Kier alpha value is -3.36. The van der Waals surface area contributed by atoms with Crippen molar-refractivity contribution in [3.8, 4) is 0 Å². The first kappa shape index (κ1) is 25.3. The monoisotopic (exact) mass is 477 g/mol. The molecular weight excluding hydrogens is 450 g/mol. The summed E-state index contributed by atoms with van der Waals surface area (Å²) in [7, 11) is 1.21. The van der Waals surface area contributed by atoms with E-state index in [-0.39, 0.29) is 24.2 Å². The van der Waals surface area contributed by atoms with E-state index in [2.05, 4.69) is 0 Å². The van der Waals surface area contributed by atoms with Crippen molar-refractivity contribution in [2.75, 3.05) is 25.1 Å². The molecule has 0 N–H and O–H groups in total. The van der Waals surface area contributed by atoms with Gasteiger partial charge < -0.3 is 9.64 Å². The fraction of sp³-hybridized carbons (Fsp3) is 0.360. The molecule has 0 unspecified atom stereocenters.